The molecular formula is C16H18N2O5S. The number of benzene rings is 1. The predicted molar refractivity (Wildman–Crippen MR) is 91.7 cm³/mol. The molecule has 1 aromatic carbocycles. The Kier molecular flexibility index (Phi) is 4.57. The number of carboxylic acid groups (broad SMARTS) is 1. The molecule has 8 heteroatoms. The fourth-order valence-corrected chi connectivity index (χ4v) is 4.23. The number of anilines is 1. The quantitative estimate of drug-likeness (QED) is 0.849. The SMILES string of the molecule is COc1cc(OC)c2ncc(C(=O)O)c(NC3CCS(=O)C3)c2c1. The zero-order valence-corrected chi connectivity index (χ0v) is 14.2. The molecule has 3 rings (SSSR count). The van der Waals surface area contributed by atoms with Crippen molar-refractivity contribution in [1.29, 1.82) is 0 Å². The smallest absolute Gasteiger partial charge is 0.339 e. The van der Waals surface area contributed by atoms with Crippen molar-refractivity contribution in [3.8, 4) is 11.5 Å². The number of nitrogens with zero attached hydrogens (tertiary/aromatic N) is 1. The highest BCUT2D eigenvalue weighted by Crippen LogP contribution is 2.36. The minimum absolute atomic E-state index is 0.0354. The molecule has 2 N–H and O–H groups in total. The van der Waals surface area contributed by atoms with Gasteiger partial charge in [-0.3, -0.25) is 9.19 Å². The number of ether oxygens (including phenoxy) is 2. The molecule has 1 saturated heterocycles. The van der Waals surface area contributed by atoms with Gasteiger partial charge in [-0.05, 0) is 12.5 Å². The molecule has 0 amide bonds. The maximum absolute atomic E-state index is 11.6. The summed E-state index contributed by atoms with van der Waals surface area (Å²) in [4.78, 5) is 15.8. The van der Waals surface area contributed by atoms with E-state index in [1.165, 1.54) is 20.4 Å². The molecule has 0 radical (unpaired) electrons. The lowest BCUT2D eigenvalue weighted by atomic mass is 10.1. The lowest BCUT2D eigenvalue weighted by molar-refractivity contribution is 0.0697. The van der Waals surface area contributed by atoms with E-state index in [0.29, 0.717) is 39.6 Å². The second kappa shape index (κ2) is 6.64. The summed E-state index contributed by atoms with van der Waals surface area (Å²) in [7, 11) is 2.19. The number of fused-ring (bicyclic) bond motifs is 1. The third-order valence-electron chi connectivity index (χ3n) is 4.03. The molecule has 1 aliphatic heterocycles. The largest absolute Gasteiger partial charge is 0.497 e. The minimum Gasteiger partial charge on any atom is -0.497 e. The lowest BCUT2D eigenvalue weighted by Gasteiger charge is -2.18. The van der Waals surface area contributed by atoms with Crippen molar-refractivity contribution in [2.24, 2.45) is 0 Å². The van der Waals surface area contributed by atoms with E-state index >= 15 is 0 Å². The average Bonchev–Trinajstić information content (AvgIpc) is 2.98. The van der Waals surface area contributed by atoms with E-state index in [4.69, 9.17) is 9.47 Å². The summed E-state index contributed by atoms with van der Waals surface area (Å²) in [5, 5.41) is 13.3. The summed E-state index contributed by atoms with van der Waals surface area (Å²) >= 11 is 0. The van der Waals surface area contributed by atoms with Crippen LogP contribution in [0.4, 0.5) is 5.69 Å². The monoisotopic (exact) mass is 350 g/mol. The molecule has 1 aromatic heterocycles. The molecule has 1 aliphatic rings. The van der Waals surface area contributed by atoms with Gasteiger partial charge in [0.05, 0.1) is 19.9 Å². The van der Waals surface area contributed by atoms with Crippen molar-refractivity contribution < 1.29 is 23.6 Å². The van der Waals surface area contributed by atoms with E-state index in [0.717, 1.165) is 6.42 Å². The summed E-state index contributed by atoms with van der Waals surface area (Å²) in [5.74, 6) is 1.09. The standard InChI is InChI=1S/C16H18N2O5S/c1-22-10-5-11-14(18-9-3-4-24(21)8-9)12(16(19)20)7-17-15(11)13(6-10)23-2/h5-7,9H,3-4,8H2,1-2H3,(H,17,18)(H,19,20). The summed E-state index contributed by atoms with van der Waals surface area (Å²) in [6, 6.07) is 3.39. The molecule has 0 aliphatic carbocycles. The number of methoxy groups -OCH3 is 2. The molecule has 2 aromatic rings. The molecule has 0 bridgehead atoms. The molecule has 1 fully saturated rings. The minimum atomic E-state index is -1.08. The number of hydrogen-bond acceptors (Lipinski definition) is 6. The molecule has 0 saturated carbocycles. The molecule has 2 heterocycles. The van der Waals surface area contributed by atoms with Crippen LogP contribution < -0.4 is 14.8 Å². The molecule has 7 nitrogen and oxygen atoms in total. The van der Waals surface area contributed by atoms with Crippen LogP contribution in [0.25, 0.3) is 10.9 Å². The van der Waals surface area contributed by atoms with Crippen LogP contribution in [0.1, 0.15) is 16.8 Å². The van der Waals surface area contributed by atoms with E-state index in [1.807, 2.05) is 0 Å². The second-order valence-electron chi connectivity index (χ2n) is 5.52. The number of carbonyl (C=O) groups is 1. The van der Waals surface area contributed by atoms with Crippen molar-refractivity contribution >= 4 is 33.4 Å². The number of aromatic nitrogens is 1. The fourth-order valence-electron chi connectivity index (χ4n) is 2.82. The van der Waals surface area contributed by atoms with Gasteiger partial charge in [0.25, 0.3) is 0 Å². The van der Waals surface area contributed by atoms with Gasteiger partial charge in [0.2, 0.25) is 0 Å². The molecule has 2 atom stereocenters. The molecular weight excluding hydrogens is 332 g/mol. The summed E-state index contributed by atoms with van der Waals surface area (Å²) in [6.07, 6.45) is 2.05. The van der Waals surface area contributed by atoms with Gasteiger partial charge in [0, 0.05) is 46.0 Å². The van der Waals surface area contributed by atoms with Crippen LogP contribution >= 0.6 is 0 Å². The Labute approximate surface area is 141 Å². The van der Waals surface area contributed by atoms with Crippen molar-refractivity contribution in [3.05, 3.63) is 23.9 Å². The van der Waals surface area contributed by atoms with Crippen LogP contribution in [0.2, 0.25) is 0 Å². The zero-order chi connectivity index (χ0) is 17.3. The number of hydrogen-bond donors (Lipinski definition) is 2. The van der Waals surface area contributed by atoms with Crippen molar-refractivity contribution in [2.75, 3.05) is 31.0 Å². The van der Waals surface area contributed by atoms with Gasteiger partial charge in [-0.2, -0.15) is 0 Å². The van der Waals surface area contributed by atoms with Crippen LogP contribution in [-0.2, 0) is 10.8 Å². The third kappa shape index (κ3) is 3.01. The first kappa shape index (κ1) is 16.5. The Bertz CT molecular complexity index is 824. The number of carboxylic acids is 1. The predicted octanol–water partition coefficient (Wildman–Crippen LogP) is 1.88. The van der Waals surface area contributed by atoms with Gasteiger partial charge in [-0.25, -0.2) is 4.79 Å². The summed E-state index contributed by atoms with van der Waals surface area (Å²) in [5.41, 5.74) is 1.06. The first-order chi connectivity index (χ1) is 11.5. The zero-order valence-electron chi connectivity index (χ0n) is 13.4. The van der Waals surface area contributed by atoms with E-state index < -0.39 is 16.8 Å². The number of pyridine rings is 1. The van der Waals surface area contributed by atoms with E-state index in [-0.39, 0.29) is 11.6 Å². The molecule has 2 unspecified atom stereocenters. The summed E-state index contributed by atoms with van der Waals surface area (Å²) in [6.45, 7) is 0. The van der Waals surface area contributed by atoms with Crippen LogP contribution in [0, 0.1) is 0 Å². The average molecular weight is 350 g/mol. The van der Waals surface area contributed by atoms with Crippen molar-refractivity contribution in [1.82, 2.24) is 4.98 Å². The lowest BCUT2D eigenvalue weighted by Crippen LogP contribution is -2.21. The Morgan fingerprint density at radius 3 is 2.75 bits per heavy atom. The molecule has 0 spiro atoms. The number of rotatable bonds is 5. The normalized spacial score (nSPS) is 20.1. The van der Waals surface area contributed by atoms with Gasteiger partial charge in [-0.15, -0.1) is 0 Å². The van der Waals surface area contributed by atoms with Gasteiger partial charge in [-0.1, -0.05) is 0 Å². The second-order valence-corrected chi connectivity index (χ2v) is 7.14. The topological polar surface area (TPSA) is 97.8 Å². The summed E-state index contributed by atoms with van der Waals surface area (Å²) < 4.78 is 22.3. The molecule has 128 valence electrons. The van der Waals surface area contributed by atoms with Crippen LogP contribution in [0.3, 0.4) is 0 Å². The fraction of sp³-hybridized carbons (Fsp3) is 0.375. The van der Waals surface area contributed by atoms with Gasteiger partial charge < -0.3 is 19.9 Å². The highest BCUT2D eigenvalue weighted by Gasteiger charge is 2.25. The van der Waals surface area contributed by atoms with Crippen LogP contribution in [-0.4, -0.2) is 52.0 Å². The van der Waals surface area contributed by atoms with Gasteiger partial charge >= 0.3 is 5.97 Å². The van der Waals surface area contributed by atoms with E-state index in [9.17, 15) is 14.1 Å². The number of aromatic carboxylic acids is 1. The van der Waals surface area contributed by atoms with E-state index in [2.05, 4.69) is 10.3 Å². The van der Waals surface area contributed by atoms with Crippen molar-refractivity contribution in [2.45, 2.75) is 12.5 Å². The number of nitrogens with one attached hydrogen (secondary N) is 1. The maximum atomic E-state index is 11.6. The highest BCUT2D eigenvalue weighted by atomic mass is 32.2. The Balaban J connectivity index is 2.19. The first-order valence-corrected chi connectivity index (χ1v) is 8.91. The van der Waals surface area contributed by atoms with Gasteiger partial charge in [0.15, 0.2) is 0 Å². The van der Waals surface area contributed by atoms with Crippen molar-refractivity contribution in [3.63, 3.8) is 0 Å². The maximum Gasteiger partial charge on any atom is 0.339 e. The first-order valence-electron chi connectivity index (χ1n) is 7.43. The highest BCUT2D eigenvalue weighted by molar-refractivity contribution is 7.85. The Morgan fingerprint density at radius 2 is 2.17 bits per heavy atom. The Hall–Kier alpha value is -2.35. The van der Waals surface area contributed by atoms with Crippen LogP contribution in [0.5, 0.6) is 11.5 Å². The van der Waals surface area contributed by atoms with E-state index in [1.54, 1.807) is 12.1 Å². The van der Waals surface area contributed by atoms with Gasteiger partial charge in [0.1, 0.15) is 22.6 Å². The third-order valence-corrected chi connectivity index (χ3v) is 5.49. The Morgan fingerprint density at radius 1 is 1.38 bits per heavy atom. The van der Waals surface area contributed by atoms with Crippen LogP contribution in [0.15, 0.2) is 18.3 Å². The molecule has 24 heavy (non-hydrogen) atoms.